The highest BCUT2D eigenvalue weighted by Crippen LogP contribution is 2.15. The van der Waals surface area contributed by atoms with Gasteiger partial charge in [-0.25, -0.2) is 0 Å². The summed E-state index contributed by atoms with van der Waals surface area (Å²) in [5, 5.41) is 10.3. The van der Waals surface area contributed by atoms with Crippen LogP contribution in [0.2, 0.25) is 0 Å². The maximum atomic E-state index is 10.3. The van der Waals surface area contributed by atoms with E-state index in [-0.39, 0.29) is 10.6 Å². The van der Waals surface area contributed by atoms with Gasteiger partial charge in [-0.1, -0.05) is 6.07 Å². The maximum absolute atomic E-state index is 10.3. The molecule has 0 heterocycles. The molecule has 0 N–H and O–H groups in total. The van der Waals surface area contributed by atoms with Crippen LogP contribution in [0.5, 0.6) is 0 Å². The minimum absolute atomic E-state index is 0.160. The summed E-state index contributed by atoms with van der Waals surface area (Å²) in [7, 11) is 4.81. The van der Waals surface area contributed by atoms with Gasteiger partial charge in [0.25, 0.3) is 5.69 Å². The second-order valence-corrected chi connectivity index (χ2v) is 6.57. The maximum Gasteiger partial charge on any atom is 0.317 e. The molecule has 0 saturated heterocycles. The molecule has 0 saturated carbocycles. The molecule has 1 aromatic rings. The number of halogens is 2. The lowest BCUT2D eigenvalue weighted by atomic mass is 10.1. The van der Waals surface area contributed by atoms with E-state index in [9.17, 15) is 10.1 Å². The van der Waals surface area contributed by atoms with Crippen molar-refractivity contribution in [3.63, 3.8) is 0 Å². The van der Waals surface area contributed by atoms with Gasteiger partial charge in [-0.15, -0.1) is 0 Å². The Labute approximate surface area is 102 Å². The number of hydrogen-bond acceptors (Lipinski definition) is 4. The summed E-state index contributed by atoms with van der Waals surface area (Å²) >= 11 is 0. The highest BCUT2D eigenvalue weighted by atomic mass is 36.0. The van der Waals surface area contributed by atoms with Crippen molar-refractivity contribution in [2.45, 2.75) is 13.8 Å². The zero-order chi connectivity index (χ0) is 12.9. The molecule has 0 radical (unpaired) electrons. The lowest BCUT2D eigenvalue weighted by Crippen LogP contribution is -1.89. The van der Waals surface area contributed by atoms with Crippen molar-refractivity contribution >= 4 is 35.3 Å². The summed E-state index contributed by atoms with van der Waals surface area (Å²) < 4.78 is 18.3. The molecule has 0 aliphatic rings. The molecule has 0 aromatic heterocycles. The summed E-state index contributed by atoms with van der Waals surface area (Å²) in [5.74, 6) is 0. The molecule has 0 spiro atoms. The number of benzene rings is 1. The monoisotopic (exact) mass is 285 g/mol. The number of aryl methyl sites for hydroxylation is 2. The number of nitro groups is 1. The van der Waals surface area contributed by atoms with Gasteiger partial charge < -0.3 is 0 Å². The van der Waals surface area contributed by atoms with Crippen LogP contribution in [0.4, 0.5) is 5.69 Å². The summed E-state index contributed by atoms with van der Waals surface area (Å²) in [5.41, 5.74) is 2.20. The van der Waals surface area contributed by atoms with Gasteiger partial charge in [-0.05, 0) is 25.0 Å². The van der Waals surface area contributed by atoms with Crippen LogP contribution in [0.3, 0.4) is 0 Å². The molecule has 0 atom stereocenters. The molecule has 0 aliphatic heterocycles. The van der Waals surface area contributed by atoms with Crippen LogP contribution in [0.15, 0.2) is 18.2 Å². The molecule has 0 bridgehead atoms. The quantitative estimate of drug-likeness (QED) is 0.452. The highest BCUT2D eigenvalue weighted by molar-refractivity contribution is 8.31. The van der Waals surface area contributed by atoms with E-state index in [2.05, 4.69) is 21.4 Å². The number of nitro benzene ring substituents is 1. The van der Waals surface area contributed by atoms with Crippen molar-refractivity contribution in [1.29, 1.82) is 0 Å². The Balaban J connectivity index is 0.000000385. The zero-order valence-corrected chi connectivity index (χ0v) is 10.8. The van der Waals surface area contributed by atoms with E-state index < -0.39 is 8.26 Å². The smallest absolute Gasteiger partial charge is 0.258 e. The van der Waals surface area contributed by atoms with Crippen LogP contribution in [0.25, 0.3) is 0 Å². The lowest BCUT2D eigenvalue weighted by molar-refractivity contribution is -0.384. The molecule has 90 valence electrons. The Bertz CT molecular complexity index is 479. The van der Waals surface area contributed by atoms with E-state index in [4.69, 9.17) is 8.42 Å². The summed E-state index contributed by atoms with van der Waals surface area (Å²) in [4.78, 5) is 9.89. The van der Waals surface area contributed by atoms with Gasteiger partial charge in [0.2, 0.25) is 0 Å². The molecule has 1 aromatic carbocycles. The van der Waals surface area contributed by atoms with Crippen molar-refractivity contribution in [2.24, 2.45) is 0 Å². The molecule has 0 aliphatic carbocycles. The van der Waals surface area contributed by atoms with Gasteiger partial charge in [0.15, 0.2) is 0 Å². The highest BCUT2D eigenvalue weighted by Gasteiger charge is 2.04. The topological polar surface area (TPSA) is 77.3 Å². The lowest BCUT2D eigenvalue weighted by Gasteiger charge is -1.97. The number of hydrogen-bond donors (Lipinski definition) is 0. The standard InChI is InChI=1S/C8H9NO2.Cl2O2S/c1-6-3-4-8(9(10)11)5-7(6)2;1-5(2,3)4/h3-5H,1-2H3;. The Morgan fingerprint density at radius 1 is 1.19 bits per heavy atom. The largest absolute Gasteiger partial charge is 0.317 e. The first-order valence-electron chi connectivity index (χ1n) is 3.97. The fourth-order valence-corrected chi connectivity index (χ4v) is 0.839. The van der Waals surface area contributed by atoms with Crippen LogP contribution in [-0.2, 0) is 8.26 Å². The van der Waals surface area contributed by atoms with Crippen molar-refractivity contribution in [3.8, 4) is 0 Å². The van der Waals surface area contributed by atoms with E-state index in [0.29, 0.717) is 0 Å². The van der Waals surface area contributed by atoms with E-state index in [1.165, 1.54) is 6.07 Å². The van der Waals surface area contributed by atoms with Gasteiger partial charge in [-0.3, -0.25) is 10.1 Å². The van der Waals surface area contributed by atoms with Gasteiger partial charge in [0.1, 0.15) is 0 Å². The molecular weight excluding hydrogens is 277 g/mol. The number of non-ortho nitro benzene ring substituents is 1. The predicted molar refractivity (Wildman–Crippen MR) is 63.2 cm³/mol. The average Bonchev–Trinajstić information content (AvgIpc) is 2.06. The third-order valence-electron chi connectivity index (χ3n) is 1.70. The fourth-order valence-electron chi connectivity index (χ4n) is 0.839. The first-order chi connectivity index (χ1) is 7.11. The predicted octanol–water partition coefficient (Wildman–Crippen LogP) is 2.92. The van der Waals surface area contributed by atoms with Crippen LogP contribution < -0.4 is 0 Å². The van der Waals surface area contributed by atoms with E-state index in [0.717, 1.165) is 11.1 Å². The summed E-state index contributed by atoms with van der Waals surface area (Å²) in [6.45, 7) is 3.79. The Kier molecular flexibility index (Phi) is 5.71. The molecular formula is C8H9Cl2NO4S. The Morgan fingerprint density at radius 2 is 1.62 bits per heavy atom. The molecule has 5 nitrogen and oxygen atoms in total. The minimum atomic E-state index is -3.72. The van der Waals surface area contributed by atoms with E-state index in [1.54, 1.807) is 12.1 Å². The molecule has 16 heavy (non-hydrogen) atoms. The van der Waals surface area contributed by atoms with Crippen LogP contribution in [0, 0.1) is 24.0 Å². The van der Waals surface area contributed by atoms with Crippen LogP contribution in [0.1, 0.15) is 11.1 Å². The third-order valence-corrected chi connectivity index (χ3v) is 1.70. The van der Waals surface area contributed by atoms with Crippen LogP contribution >= 0.6 is 21.4 Å². The number of rotatable bonds is 1. The fraction of sp³-hybridized carbons (Fsp3) is 0.250. The average molecular weight is 286 g/mol. The van der Waals surface area contributed by atoms with Crippen molar-refractivity contribution in [1.82, 2.24) is 0 Å². The van der Waals surface area contributed by atoms with Gasteiger partial charge in [-0.2, -0.15) is 8.42 Å². The molecule has 0 unspecified atom stereocenters. The summed E-state index contributed by atoms with van der Waals surface area (Å²) in [6.07, 6.45) is 0. The van der Waals surface area contributed by atoms with Gasteiger partial charge in [0, 0.05) is 33.5 Å². The van der Waals surface area contributed by atoms with Crippen molar-refractivity contribution < 1.29 is 13.3 Å². The number of nitrogens with zero attached hydrogens (tertiary/aromatic N) is 1. The minimum Gasteiger partial charge on any atom is -0.258 e. The normalized spacial score (nSPS) is 10.2. The summed E-state index contributed by atoms with van der Waals surface area (Å²) in [6, 6.07) is 4.85. The zero-order valence-electron chi connectivity index (χ0n) is 8.48. The van der Waals surface area contributed by atoms with Gasteiger partial charge in [0.05, 0.1) is 4.92 Å². The second kappa shape index (κ2) is 6.03. The van der Waals surface area contributed by atoms with E-state index in [1.807, 2.05) is 13.8 Å². The first kappa shape index (κ1) is 15.2. The SMILES string of the molecule is Cc1ccc([N+](=O)[O-])cc1C.O=S(=O)(Cl)Cl. The Morgan fingerprint density at radius 3 is 1.94 bits per heavy atom. The van der Waals surface area contributed by atoms with Gasteiger partial charge >= 0.3 is 8.26 Å². The molecule has 8 heteroatoms. The Hall–Kier alpha value is -0.850. The molecule has 0 fully saturated rings. The second-order valence-electron chi connectivity index (χ2n) is 2.90. The van der Waals surface area contributed by atoms with E-state index >= 15 is 0 Å². The van der Waals surface area contributed by atoms with Crippen molar-refractivity contribution in [3.05, 3.63) is 39.4 Å². The van der Waals surface area contributed by atoms with Crippen LogP contribution in [-0.4, -0.2) is 13.3 Å². The molecule has 1 rings (SSSR count). The molecule has 0 amide bonds. The van der Waals surface area contributed by atoms with Crippen molar-refractivity contribution in [2.75, 3.05) is 0 Å². The first-order valence-corrected chi connectivity index (χ1v) is 7.10. The third kappa shape index (κ3) is 7.44.